The van der Waals surface area contributed by atoms with Gasteiger partial charge < -0.3 is 15.3 Å². The SMILES string of the molecule is O=C(O)C1CCN(C(=O)Nc2ccc(Cl)cc2Br)C1. The van der Waals surface area contributed by atoms with Crippen molar-refractivity contribution in [3.63, 3.8) is 0 Å². The number of carbonyl (C=O) groups excluding carboxylic acids is 1. The van der Waals surface area contributed by atoms with Crippen molar-refractivity contribution < 1.29 is 14.7 Å². The van der Waals surface area contributed by atoms with Gasteiger partial charge in [-0.1, -0.05) is 11.6 Å². The van der Waals surface area contributed by atoms with Gasteiger partial charge in [0.25, 0.3) is 0 Å². The summed E-state index contributed by atoms with van der Waals surface area (Å²) < 4.78 is 0.683. The second kappa shape index (κ2) is 5.79. The lowest BCUT2D eigenvalue weighted by molar-refractivity contribution is -0.141. The number of anilines is 1. The number of amides is 2. The number of aliphatic carboxylic acids is 1. The normalized spacial score (nSPS) is 18.4. The van der Waals surface area contributed by atoms with Gasteiger partial charge in [-0.2, -0.15) is 0 Å². The van der Waals surface area contributed by atoms with Gasteiger partial charge in [-0.15, -0.1) is 0 Å². The molecule has 1 saturated heterocycles. The van der Waals surface area contributed by atoms with Crippen molar-refractivity contribution in [1.82, 2.24) is 4.90 Å². The Labute approximate surface area is 123 Å². The van der Waals surface area contributed by atoms with E-state index >= 15 is 0 Å². The zero-order valence-corrected chi connectivity index (χ0v) is 12.2. The Balaban J connectivity index is 2.00. The maximum Gasteiger partial charge on any atom is 0.321 e. The fourth-order valence-corrected chi connectivity index (χ4v) is 2.71. The first-order valence-electron chi connectivity index (χ1n) is 5.71. The fourth-order valence-electron chi connectivity index (χ4n) is 1.93. The monoisotopic (exact) mass is 346 g/mol. The van der Waals surface area contributed by atoms with Crippen molar-refractivity contribution in [2.45, 2.75) is 6.42 Å². The molecule has 0 radical (unpaired) electrons. The highest BCUT2D eigenvalue weighted by Crippen LogP contribution is 2.26. The fraction of sp³-hybridized carbons (Fsp3) is 0.333. The number of carboxylic acids is 1. The largest absolute Gasteiger partial charge is 0.481 e. The molecule has 19 heavy (non-hydrogen) atoms. The lowest BCUT2D eigenvalue weighted by Gasteiger charge is -2.17. The first-order valence-corrected chi connectivity index (χ1v) is 6.88. The molecule has 2 amide bonds. The lowest BCUT2D eigenvalue weighted by atomic mass is 10.1. The van der Waals surface area contributed by atoms with Crippen molar-refractivity contribution in [1.29, 1.82) is 0 Å². The van der Waals surface area contributed by atoms with Gasteiger partial charge >= 0.3 is 12.0 Å². The molecule has 0 saturated carbocycles. The zero-order chi connectivity index (χ0) is 14.0. The van der Waals surface area contributed by atoms with Crippen molar-refractivity contribution >= 4 is 45.2 Å². The lowest BCUT2D eigenvalue weighted by Crippen LogP contribution is -2.33. The quantitative estimate of drug-likeness (QED) is 0.864. The summed E-state index contributed by atoms with van der Waals surface area (Å²) in [4.78, 5) is 24.3. The predicted molar refractivity (Wildman–Crippen MR) is 75.5 cm³/mol. The summed E-state index contributed by atoms with van der Waals surface area (Å²) in [5.41, 5.74) is 0.605. The van der Waals surface area contributed by atoms with Crippen LogP contribution >= 0.6 is 27.5 Å². The summed E-state index contributed by atoms with van der Waals surface area (Å²) in [6.07, 6.45) is 0.491. The first-order chi connectivity index (χ1) is 8.97. The van der Waals surface area contributed by atoms with E-state index in [4.69, 9.17) is 16.7 Å². The van der Waals surface area contributed by atoms with Gasteiger partial charge in [0.15, 0.2) is 0 Å². The van der Waals surface area contributed by atoms with Crippen LogP contribution < -0.4 is 5.32 Å². The molecule has 1 aromatic rings. The van der Waals surface area contributed by atoms with Crippen LogP contribution in [-0.4, -0.2) is 35.1 Å². The van der Waals surface area contributed by atoms with Crippen LogP contribution in [0.15, 0.2) is 22.7 Å². The molecule has 0 bridgehead atoms. The third-order valence-corrected chi connectivity index (χ3v) is 3.89. The number of hydrogen-bond acceptors (Lipinski definition) is 2. The highest BCUT2D eigenvalue weighted by atomic mass is 79.9. The third kappa shape index (κ3) is 3.39. The molecule has 0 aromatic heterocycles. The molecule has 0 aliphatic carbocycles. The summed E-state index contributed by atoms with van der Waals surface area (Å²) in [6.45, 7) is 0.695. The molecule has 1 atom stereocenters. The van der Waals surface area contributed by atoms with Gasteiger partial charge in [0.05, 0.1) is 11.6 Å². The minimum Gasteiger partial charge on any atom is -0.481 e. The second-order valence-corrected chi connectivity index (χ2v) is 5.61. The number of carbonyl (C=O) groups is 2. The molecule has 1 aliphatic heterocycles. The molecule has 2 N–H and O–H groups in total. The summed E-state index contributed by atoms with van der Waals surface area (Å²) in [7, 11) is 0. The minimum atomic E-state index is -0.858. The Morgan fingerprint density at radius 1 is 1.47 bits per heavy atom. The van der Waals surface area contributed by atoms with Crippen LogP contribution in [0.4, 0.5) is 10.5 Å². The number of carboxylic acid groups (broad SMARTS) is 1. The molecule has 1 aliphatic rings. The van der Waals surface area contributed by atoms with Crippen molar-refractivity contribution in [3.05, 3.63) is 27.7 Å². The van der Waals surface area contributed by atoms with Crippen LogP contribution in [0.3, 0.4) is 0 Å². The van der Waals surface area contributed by atoms with Crippen LogP contribution in [0.25, 0.3) is 0 Å². The summed E-state index contributed by atoms with van der Waals surface area (Å²) in [5.74, 6) is -1.33. The molecule has 0 spiro atoms. The number of rotatable bonds is 2. The van der Waals surface area contributed by atoms with E-state index in [9.17, 15) is 9.59 Å². The first kappa shape index (κ1) is 14.1. The third-order valence-electron chi connectivity index (χ3n) is 3.00. The smallest absolute Gasteiger partial charge is 0.321 e. The molecule has 1 heterocycles. The van der Waals surface area contributed by atoms with Crippen LogP contribution in [0.1, 0.15) is 6.42 Å². The van der Waals surface area contributed by atoms with Crippen LogP contribution in [-0.2, 0) is 4.79 Å². The van der Waals surface area contributed by atoms with E-state index in [1.807, 2.05) is 0 Å². The summed E-state index contributed by atoms with van der Waals surface area (Å²) in [6, 6.07) is 4.74. The molecule has 1 fully saturated rings. The summed E-state index contributed by atoms with van der Waals surface area (Å²) in [5, 5.41) is 12.2. The molecule has 7 heteroatoms. The van der Waals surface area contributed by atoms with E-state index in [1.54, 1.807) is 18.2 Å². The molecular weight excluding hydrogens is 335 g/mol. The van der Waals surface area contributed by atoms with Crippen LogP contribution in [0, 0.1) is 5.92 Å². The summed E-state index contributed by atoms with van der Waals surface area (Å²) >= 11 is 9.12. The standard InChI is InChI=1S/C12H12BrClN2O3/c13-9-5-8(14)1-2-10(9)15-12(19)16-4-3-7(6-16)11(17)18/h1-2,5,7H,3-4,6H2,(H,15,19)(H,17,18). The Kier molecular flexibility index (Phi) is 4.31. The number of benzene rings is 1. The zero-order valence-electron chi connectivity index (χ0n) is 9.90. The van der Waals surface area contributed by atoms with E-state index in [2.05, 4.69) is 21.2 Å². The molecule has 2 rings (SSSR count). The van der Waals surface area contributed by atoms with Gasteiger partial charge in [-0.25, -0.2) is 4.79 Å². The number of halogens is 2. The number of urea groups is 1. The Morgan fingerprint density at radius 3 is 2.79 bits per heavy atom. The molecule has 1 unspecified atom stereocenters. The van der Waals surface area contributed by atoms with Crippen molar-refractivity contribution in [2.75, 3.05) is 18.4 Å². The topological polar surface area (TPSA) is 69.6 Å². The maximum absolute atomic E-state index is 12.0. The van der Waals surface area contributed by atoms with Crippen LogP contribution in [0.5, 0.6) is 0 Å². The molecule has 102 valence electrons. The highest BCUT2D eigenvalue weighted by molar-refractivity contribution is 9.10. The predicted octanol–water partition coefficient (Wildman–Crippen LogP) is 3.04. The number of likely N-dealkylation sites (tertiary alicyclic amines) is 1. The van der Waals surface area contributed by atoms with Gasteiger partial charge in [-0.05, 0) is 40.5 Å². The molecule has 5 nitrogen and oxygen atoms in total. The maximum atomic E-state index is 12.0. The molecule has 1 aromatic carbocycles. The van der Waals surface area contributed by atoms with Gasteiger partial charge in [0.1, 0.15) is 0 Å². The van der Waals surface area contributed by atoms with Crippen molar-refractivity contribution in [2.24, 2.45) is 5.92 Å². The van der Waals surface area contributed by atoms with E-state index < -0.39 is 11.9 Å². The Bertz CT molecular complexity index is 524. The number of nitrogens with one attached hydrogen (secondary N) is 1. The van der Waals surface area contributed by atoms with E-state index in [1.165, 1.54) is 4.90 Å². The average Bonchev–Trinajstić information content (AvgIpc) is 2.82. The number of hydrogen-bond donors (Lipinski definition) is 2. The average molecular weight is 348 g/mol. The van der Waals surface area contributed by atoms with Gasteiger partial charge in [0, 0.05) is 22.6 Å². The van der Waals surface area contributed by atoms with E-state index in [-0.39, 0.29) is 12.6 Å². The second-order valence-electron chi connectivity index (χ2n) is 4.32. The number of nitrogens with zero attached hydrogens (tertiary/aromatic N) is 1. The minimum absolute atomic E-state index is 0.242. The van der Waals surface area contributed by atoms with Gasteiger partial charge in [0.2, 0.25) is 0 Å². The molecular formula is C12H12BrClN2O3. The highest BCUT2D eigenvalue weighted by Gasteiger charge is 2.30. The van der Waals surface area contributed by atoms with Crippen LogP contribution in [0.2, 0.25) is 5.02 Å². The Morgan fingerprint density at radius 2 is 2.21 bits per heavy atom. The van der Waals surface area contributed by atoms with Crippen molar-refractivity contribution in [3.8, 4) is 0 Å². The van der Waals surface area contributed by atoms with E-state index in [0.29, 0.717) is 28.1 Å². The van der Waals surface area contributed by atoms with Gasteiger partial charge in [-0.3, -0.25) is 4.79 Å². The Hall–Kier alpha value is -1.27. The van der Waals surface area contributed by atoms with E-state index in [0.717, 1.165) is 0 Å².